The van der Waals surface area contributed by atoms with Crippen LogP contribution in [0.5, 0.6) is 0 Å². The number of benzene rings is 2. The Kier molecular flexibility index (Phi) is 5.86. The molecule has 120 valence electrons. The molecule has 5 heteroatoms. The highest BCUT2D eigenvalue weighted by atomic mass is 19.1. The summed E-state index contributed by atoms with van der Waals surface area (Å²) in [5.74, 6) is -0.957. The molecule has 0 radical (unpaired) electrons. The minimum absolute atomic E-state index is 0.118. The van der Waals surface area contributed by atoms with E-state index in [1.165, 1.54) is 23.9 Å². The molecule has 0 bridgehead atoms. The molecular weight excluding hydrogens is 295 g/mol. The molecule has 2 aromatic rings. The number of rotatable bonds is 6. The average molecular weight is 314 g/mol. The van der Waals surface area contributed by atoms with Gasteiger partial charge in [-0.3, -0.25) is 4.79 Å². The molecule has 2 aromatic carbocycles. The summed E-state index contributed by atoms with van der Waals surface area (Å²) in [6, 6.07) is 13.8. The van der Waals surface area contributed by atoms with Crippen molar-refractivity contribution in [2.75, 3.05) is 5.32 Å². The fraction of sp³-hybridized carbons (Fsp3) is 0.222. The summed E-state index contributed by atoms with van der Waals surface area (Å²) in [6.45, 7) is 3.63. The molecule has 0 spiro atoms. The lowest BCUT2D eigenvalue weighted by atomic mass is 10.1. The third kappa shape index (κ3) is 4.92. The zero-order valence-electron chi connectivity index (χ0n) is 13.1. The molecule has 1 N–H and O–H groups in total. The first-order chi connectivity index (χ1) is 11.1. The van der Waals surface area contributed by atoms with Gasteiger partial charge < -0.3 is 10.2 Å². The number of carbonyl (C=O) groups is 1. The molecule has 0 aliphatic rings. The summed E-state index contributed by atoms with van der Waals surface area (Å²) in [6.07, 6.45) is 1.67. The van der Waals surface area contributed by atoms with Crippen molar-refractivity contribution in [2.45, 2.75) is 26.4 Å². The first kappa shape index (κ1) is 16.7. The summed E-state index contributed by atoms with van der Waals surface area (Å²) in [5, 5.41) is 6.26. The van der Waals surface area contributed by atoms with Gasteiger partial charge in [-0.15, -0.1) is 0 Å². The molecule has 4 nitrogen and oxygen atoms in total. The number of nitrogens with one attached hydrogen (secondary N) is 1. The van der Waals surface area contributed by atoms with E-state index in [0.717, 1.165) is 12.0 Å². The first-order valence-electron chi connectivity index (χ1n) is 7.43. The Labute approximate surface area is 135 Å². The van der Waals surface area contributed by atoms with E-state index in [-0.39, 0.29) is 5.69 Å². The highest BCUT2D eigenvalue weighted by molar-refractivity contribution is 5.94. The summed E-state index contributed by atoms with van der Waals surface area (Å²) >= 11 is 0. The number of anilines is 1. The van der Waals surface area contributed by atoms with Gasteiger partial charge in [-0.1, -0.05) is 48.5 Å². The molecule has 0 heterocycles. The van der Waals surface area contributed by atoms with E-state index in [2.05, 4.69) is 17.4 Å². The van der Waals surface area contributed by atoms with E-state index >= 15 is 0 Å². The number of oxime groups is 1. The first-order valence-corrected chi connectivity index (χ1v) is 7.43. The second kappa shape index (κ2) is 8.08. The minimum atomic E-state index is -0.833. The standard InChI is InChI=1S/C18H19FN2O2/c1-3-14-8-10-15(11-9-14)12-20-23-13(2)18(22)21-17-7-5-4-6-16(17)19/h4-13H,3H2,1-2H3,(H,21,22)/b20-12-/t13-/m0/s1. The van der Waals surface area contributed by atoms with E-state index < -0.39 is 17.8 Å². The molecule has 0 fully saturated rings. The highest BCUT2D eigenvalue weighted by Crippen LogP contribution is 2.13. The van der Waals surface area contributed by atoms with Gasteiger partial charge in [0.25, 0.3) is 5.91 Å². The zero-order valence-corrected chi connectivity index (χ0v) is 13.1. The van der Waals surface area contributed by atoms with E-state index in [1.807, 2.05) is 24.3 Å². The van der Waals surface area contributed by atoms with Crippen molar-refractivity contribution in [3.8, 4) is 0 Å². The quantitative estimate of drug-likeness (QED) is 0.652. The van der Waals surface area contributed by atoms with Gasteiger partial charge in [0, 0.05) is 0 Å². The summed E-state index contributed by atoms with van der Waals surface area (Å²) in [5.41, 5.74) is 2.23. The number of halogens is 1. The van der Waals surface area contributed by atoms with Crippen molar-refractivity contribution in [3.63, 3.8) is 0 Å². The molecule has 0 unspecified atom stereocenters. The Morgan fingerprint density at radius 3 is 2.61 bits per heavy atom. The number of amides is 1. The smallest absolute Gasteiger partial charge is 0.268 e. The third-order valence-electron chi connectivity index (χ3n) is 3.31. The van der Waals surface area contributed by atoms with Crippen LogP contribution in [0.25, 0.3) is 0 Å². The average Bonchev–Trinajstić information content (AvgIpc) is 2.57. The van der Waals surface area contributed by atoms with E-state index in [0.29, 0.717) is 0 Å². The van der Waals surface area contributed by atoms with Crippen molar-refractivity contribution in [2.24, 2.45) is 5.16 Å². The summed E-state index contributed by atoms with van der Waals surface area (Å²) in [7, 11) is 0. The second-order valence-electron chi connectivity index (χ2n) is 5.05. The minimum Gasteiger partial charge on any atom is -0.383 e. The van der Waals surface area contributed by atoms with E-state index in [4.69, 9.17) is 4.84 Å². The fourth-order valence-electron chi connectivity index (χ4n) is 1.87. The third-order valence-corrected chi connectivity index (χ3v) is 3.31. The Bertz CT molecular complexity index is 684. The number of para-hydroxylation sites is 1. The Morgan fingerprint density at radius 1 is 1.26 bits per heavy atom. The number of carbonyl (C=O) groups excluding carboxylic acids is 1. The van der Waals surface area contributed by atoms with Gasteiger partial charge in [-0.2, -0.15) is 0 Å². The maximum absolute atomic E-state index is 13.5. The number of hydrogen-bond donors (Lipinski definition) is 1. The lowest BCUT2D eigenvalue weighted by molar-refractivity contribution is -0.126. The van der Waals surface area contributed by atoms with Crippen molar-refractivity contribution in [3.05, 3.63) is 65.5 Å². The Morgan fingerprint density at radius 2 is 1.96 bits per heavy atom. The van der Waals surface area contributed by atoms with Crippen LogP contribution in [0.15, 0.2) is 53.7 Å². The van der Waals surface area contributed by atoms with Gasteiger partial charge in [-0.05, 0) is 36.6 Å². The molecule has 0 saturated carbocycles. The normalized spacial score (nSPS) is 12.1. The molecule has 0 aliphatic heterocycles. The van der Waals surface area contributed by atoms with Crippen LogP contribution in [-0.4, -0.2) is 18.2 Å². The maximum atomic E-state index is 13.5. The van der Waals surface area contributed by atoms with Crippen molar-refractivity contribution >= 4 is 17.8 Å². The van der Waals surface area contributed by atoms with Crippen LogP contribution in [0.4, 0.5) is 10.1 Å². The summed E-state index contributed by atoms with van der Waals surface area (Å²) < 4.78 is 13.5. The van der Waals surface area contributed by atoms with Crippen molar-refractivity contribution in [1.82, 2.24) is 0 Å². The molecule has 0 aliphatic carbocycles. The zero-order chi connectivity index (χ0) is 16.7. The molecular formula is C18H19FN2O2. The van der Waals surface area contributed by atoms with E-state index in [1.54, 1.807) is 19.1 Å². The lowest BCUT2D eigenvalue weighted by Gasteiger charge is -2.10. The molecule has 1 amide bonds. The SMILES string of the molecule is CCc1ccc(/C=N\O[C@@H](C)C(=O)Nc2ccccc2F)cc1. The molecule has 2 rings (SSSR count). The fourth-order valence-corrected chi connectivity index (χ4v) is 1.87. The van der Waals surface area contributed by atoms with Gasteiger partial charge in [0.15, 0.2) is 0 Å². The summed E-state index contributed by atoms with van der Waals surface area (Å²) in [4.78, 5) is 17.0. The van der Waals surface area contributed by atoms with Gasteiger partial charge in [0.05, 0.1) is 11.9 Å². The van der Waals surface area contributed by atoms with Gasteiger partial charge in [0.2, 0.25) is 6.10 Å². The predicted molar refractivity (Wildman–Crippen MR) is 89.0 cm³/mol. The largest absolute Gasteiger partial charge is 0.383 e. The number of nitrogens with zero attached hydrogens (tertiary/aromatic N) is 1. The van der Waals surface area contributed by atoms with Crippen LogP contribution in [0.2, 0.25) is 0 Å². The van der Waals surface area contributed by atoms with Crippen molar-refractivity contribution < 1.29 is 14.0 Å². The van der Waals surface area contributed by atoms with Gasteiger partial charge >= 0.3 is 0 Å². The van der Waals surface area contributed by atoms with Crippen LogP contribution in [0.3, 0.4) is 0 Å². The number of hydrogen-bond acceptors (Lipinski definition) is 3. The van der Waals surface area contributed by atoms with Crippen LogP contribution in [0, 0.1) is 5.82 Å². The Balaban J connectivity index is 1.88. The lowest BCUT2D eigenvalue weighted by Crippen LogP contribution is -2.26. The van der Waals surface area contributed by atoms with Crippen LogP contribution in [-0.2, 0) is 16.1 Å². The van der Waals surface area contributed by atoms with Crippen LogP contribution in [0.1, 0.15) is 25.0 Å². The Hall–Kier alpha value is -2.69. The van der Waals surface area contributed by atoms with Crippen LogP contribution < -0.4 is 5.32 Å². The maximum Gasteiger partial charge on any atom is 0.268 e. The molecule has 23 heavy (non-hydrogen) atoms. The van der Waals surface area contributed by atoms with Crippen molar-refractivity contribution in [1.29, 1.82) is 0 Å². The molecule has 0 saturated heterocycles. The van der Waals surface area contributed by atoms with Crippen LogP contribution >= 0.6 is 0 Å². The monoisotopic (exact) mass is 314 g/mol. The molecule has 1 atom stereocenters. The predicted octanol–water partition coefficient (Wildman–Crippen LogP) is 3.77. The van der Waals surface area contributed by atoms with E-state index in [9.17, 15) is 9.18 Å². The van der Waals surface area contributed by atoms with Gasteiger partial charge in [-0.25, -0.2) is 4.39 Å². The second-order valence-corrected chi connectivity index (χ2v) is 5.05. The highest BCUT2D eigenvalue weighted by Gasteiger charge is 2.15. The molecule has 0 aromatic heterocycles. The van der Waals surface area contributed by atoms with Gasteiger partial charge in [0.1, 0.15) is 5.82 Å². The number of aryl methyl sites for hydroxylation is 1. The topological polar surface area (TPSA) is 50.7 Å².